The van der Waals surface area contributed by atoms with Crippen LogP contribution in [0.2, 0.25) is 0 Å². The van der Waals surface area contributed by atoms with E-state index in [1.165, 1.54) is 0 Å². The number of hydrogen-bond donors (Lipinski definition) is 2. The molecule has 0 saturated heterocycles. The van der Waals surface area contributed by atoms with Gasteiger partial charge in [0.2, 0.25) is 0 Å². The van der Waals surface area contributed by atoms with Gasteiger partial charge in [-0.05, 0) is 30.7 Å². The van der Waals surface area contributed by atoms with Crippen molar-refractivity contribution in [2.75, 3.05) is 5.73 Å². The molecule has 96 valence electrons. The lowest BCUT2D eigenvalue weighted by Crippen LogP contribution is -2.05. The molecule has 0 amide bonds. The predicted molar refractivity (Wildman–Crippen MR) is 75.1 cm³/mol. The van der Waals surface area contributed by atoms with E-state index in [9.17, 15) is 5.11 Å². The molecule has 0 spiro atoms. The number of aryl methyl sites for hydroxylation is 1. The highest BCUT2D eigenvalue weighted by atomic mass is 79.9. The number of benzene rings is 1. The van der Waals surface area contributed by atoms with E-state index in [-0.39, 0.29) is 0 Å². The van der Waals surface area contributed by atoms with Gasteiger partial charge in [0.05, 0.1) is 12.3 Å². The van der Waals surface area contributed by atoms with Crippen molar-refractivity contribution < 1.29 is 5.11 Å². The number of aliphatic hydroxyl groups is 1. The highest BCUT2D eigenvalue weighted by Crippen LogP contribution is 2.26. The molecule has 0 fully saturated rings. The minimum atomic E-state index is -0.614. The van der Waals surface area contributed by atoms with Crippen LogP contribution in [0.3, 0.4) is 0 Å². The van der Waals surface area contributed by atoms with E-state index in [0.717, 1.165) is 22.1 Å². The SMILES string of the molecule is CCn1cc(CC(O)c2cc(Br)ccc2N)cn1. The Labute approximate surface area is 115 Å². The van der Waals surface area contributed by atoms with Gasteiger partial charge in [0.15, 0.2) is 0 Å². The second-order valence-corrected chi connectivity index (χ2v) is 5.11. The number of halogens is 1. The molecule has 1 atom stereocenters. The number of rotatable bonds is 4. The lowest BCUT2D eigenvalue weighted by Gasteiger charge is -2.13. The highest BCUT2D eigenvalue weighted by Gasteiger charge is 2.13. The van der Waals surface area contributed by atoms with Gasteiger partial charge in [0.1, 0.15) is 0 Å². The van der Waals surface area contributed by atoms with E-state index < -0.39 is 6.10 Å². The average Bonchev–Trinajstić information content (AvgIpc) is 2.80. The quantitative estimate of drug-likeness (QED) is 0.853. The van der Waals surface area contributed by atoms with Crippen molar-refractivity contribution in [3.8, 4) is 0 Å². The van der Waals surface area contributed by atoms with E-state index >= 15 is 0 Å². The molecule has 1 aromatic heterocycles. The van der Waals surface area contributed by atoms with Crippen LogP contribution in [-0.2, 0) is 13.0 Å². The predicted octanol–water partition coefficient (Wildman–Crippen LogP) is 2.52. The van der Waals surface area contributed by atoms with Gasteiger partial charge >= 0.3 is 0 Å². The first kappa shape index (κ1) is 13.1. The highest BCUT2D eigenvalue weighted by molar-refractivity contribution is 9.10. The van der Waals surface area contributed by atoms with Crippen LogP contribution in [0.25, 0.3) is 0 Å². The van der Waals surface area contributed by atoms with Gasteiger partial charge < -0.3 is 10.8 Å². The molecule has 0 aliphatic carbocycles. The van der Waals surface area contributed by atoms with Crippen LogP contribution < -0.4 is 5.73 Å². The summed E-state index contributed by atoms with van der Waals surface area (Å²) in [5.74, 6) is 0. The van der Waals surface area contributed by atoms with Gasteiger partial charge in [-0.1, -0.05) is 15.9 Å². The van der Waals surface area contributed by atoms with E-state index in [1.807, 2.05) is 29.9 Å². The van der Waals surface area contributed by atoms with Crippen molar-refractivity contribution in [2.24, 2.45) is 0 Å². The van der Waals surface area contributed by atoms with Gasteiger partial charge in [-0.3, -0.25) is 4.68 Å². The molecule has 4 nitrogen and oxygen atoms in total. The molecule has 1 unspecified atom stereocenters. The first-order valence-corrected chi connectivity index (χ1v) is 6.63. The molecular formula is C13H16BrN3O. The minimum Gasteiger partial charge on any atom is -0.398 e. The Morgan fingerprint density at radius 3 is 2.94 bits per heavy atom. The molecule has 0 bridgehead atoms. The molecule has 2 aromatic rings. The molecule has 18 heavy (non-hydrogen) atoms. The van der Waals surface area contributed by atoms with Crippen LogP contribution in [0, 0.1) is 0 Å². The van der Waals surface area contributed by atoms with E-state index in [2.05, 4.69) is 21.0 Å². The number of nitrogens with two attached hydrogens (primary N) is 1. The lowest BCUT2D eigenvalue weighted by molar-refractivity contribution is 0.179. The van der Waals surface area contributed by atoms with Crippen LogP contribution in [0.1, 0.15) is 24.2 Å². The number of nitrogen functional groups attached to an aromatic ring is 1. The van der Waals surface area contributed by atoms with Crippen molar-refractivity contribution in [2.45, 2.75) is 26.0 Å². The van der Waals surface area contributed by atoms with Gasteiger partial charge in [-0.15, -0.1) is 0 Å². The maximum atomic E-state index is 10.2. The molecule has 2 rings (SSSR count). The summed E-state index contributed by atoms with van der Waals surface area (Å²) in [5, 5.41) is 14.4. The second kappa shape index (κ2) is 5.54. The van der Waals surface area contributed by atoms with Crippen LogP contribution in [-0.4, -0.2) is 14.9 Å². The van der Waals surface area contributed by atoms with E-state index in [0.29, 0.717) is 12.1 Å². The van der Waals surface area contributed by atoms with Crippen LogP contribution in [0.15, 0.2) is 35.1 Å². The third-order valence-electron chi connectivity index (χ3n) is 2.85. The Morgan fingerprint density at radius 1 is 1.50 bits per heavy atom. The van der Waals surface area contributed by atoms with Gasteiger partial charge in [0.25, 0.3) is 0 Å². The standard InChI is InChI=1S/C13H16BrN3O/c1-2-17-8-9(7-16-17)5-13(18)11-6-10(14)3-4-12(11)15/h3-4,6-8,13,18H,2,5,15H2,1H3. The van der Waals surface area contributed by atoms with Crippen LogP contribution >= 0.6 is 15.9 Å². The third kappa shape index (κ3) is 2.91. The third-order valence-corrected chi connectivity index (χ3v) is 3.34. The largest absolute Gasteiger partial charge is 0.398 e. The zero-order valence-electron chi connectivity index (χ0n) is 10.2. The Balaban J connectivity index is 2.16. The van der Waals surface area contributed by atoms with Crippen LogP contribution in [0.4, 0.5) is 5.69 Å². The molecule has 1 aromatic carbocycles. The average molecular weight is 310 g/mol. The first-order chi connectivity index (χ1) is 8.60. The number of hydrogen-bond acceptors (Lipinski definition) is 3. The molecule has 0 aliphatic heterocycles. The minimum absolute atomic E-state index is 0.515. The second-order valence-electron chi connectivity index (χ2n) is 4.20. The summed E-state index contributed by atoms with van der Waals surface area (Å²) in [7, 11) is 0. The lowest BCUT2D eigenvalue weighted by atomic mass is 10.0. The van der Waals surface area contributed by atoms with Crippen molar-refractivity contribution >= 4 is 21.6 Å². The Bertz CT molecular complexity index is 539. The van der Waals surface area contributed by atoms with Gasteiger partial charge in [-0.2, -0.15) is 5.10 Å². The fourth-order valence-electron chi connectivity index (χ4n) is 1.85. The Hall–Kier alpha value is -1.33. The fourth-order valence-corrected chi connectivity index (χ4v) is 2.23. The molecular weight excluding hydrogens is 294 g/mol. The molecule has 0 aliphatic rings. The molecule has 0 radical (unpaired) electrons. The molecule has 1 heterocycles. The summed E-state index contributed by atoms with van der Waals surface area (Å²) < 4.78 is 2.75. The maximum absolute atomic E-state index is 10.2. The summed E-state index contributed by atoms with van der Waals surface area (Å²) in [5.41, 5.74) is 8.23. The Morgan fingerprint density at radius 2 is 2.28 bits per heavy atom. The summed E-state index contributed by atoms with van der Waals surface area (Å²) in [6.07, 6.45) is 3.62. The fraction of sp³-hybridized carbons (Fsp3) is 0.308. The number of anilines is 1. The summed E-state index contributed by atoms with van der Waals surface area (Å²) in [4.78, 5) is 0. The van der Waals surface area contributed by atoms with E-state index in [1.54, 1.807) is 12.3 Å². The van der Waals surface area contributed by atoms with Crippen molar-refractivity contribution in [3.05, 3.63) is 46.2 Å². The summed E-state index contributed by atoms with van der Waals surface area (Å²) in [6, 6.07) is 5.50. The molecule has 3 N–H and O–H groups in total. The monoisotopic (exact) mass is 309 g/mol. The zero-order valence-corrected chi connectivity index (χ0v) is 11.8. The smallest absolute Gasteiger partial charge is 0.0851 e. The summed E-state index contributed by atoms with van der Waals surface area (Å²) >= 11 is 3.38. The number of aliphatic hydroxyl groups excluding tert-OH is 1. The van der Waals surface area contributed by atoms with E-state index in [4.69, 9.17) is 5.73 Å². The Kier molecular flexibility index (Phi) is 4.04. The zero-order chi connectivity index (χ0) is 13.1. The van der Waals surface area contributed by atoms with Crippen molar-refractivity contribution in [1.29, 1.82) is 0 Å². The molecule has 0 saturated carbocycles. The topological polar surface area (TPSA) is 64.1 Å². The van der Waals surface area contributed by atoms with Crippen molar-refractivity contribution in [3.63, 3.8) is 0 Å². The van der Waals surface area contributed by atoms with Gasteiger partial charge in [0, 0.05) is 34.9 Å². The normalized spacial score (nSPS) is 12.6. The van der Waals surface area contributed by atoms with Gasteiger partial charge in [-0.25, -0.2) is 0 Å². The molecule has 5 heteroatoms. The maximum Gasteiger partial charge on any atom is 0.0851 e. The van der Waals surface area contributed by atoms with Crippen LogP contribution in [0.5, 0.6) is 0 Å². The number of nitrogens with zero attached hydrogens (tertiary/aromatic N) is 2. The van der Waals surface area contributed by atoms with Crippen molar-refractivity contribution in [1.82, 2.24) is 9.78 Å². The summed E-state index contributed by atoms with van der Waals surface area (Å²) in [6.45, 7) is 2.86. The first-order valence-electron chi connectivity index (χ1n) is 5.84. The number of aromatic nitrogens is 2.